The van der Waals surface area contributed by atoms with Crippen LogP contribution in [0.25, 0.3) is 116 Å². The van der Waals surface area contributed by atoms with Crippen LogP contribution in [0.4, 0.5) is 0 Å². The maximum absolute atomic E-state index is 2.39. The molecule has 0 aliphatic rings. The molecule has 2 heterocycles. The van der Waals surface area contributed by atoms with E-state index in [1.165, 1.54) is 116 Å². The summed E-state index contributed by atoms with van der Waals surface area (Å²) >= 11 is 3.80. The molecule has 2 heteroatoms. The molecule has 230 valence electrons. The highest BCUT2D eigenvalue weighted by Crippen LogP contribution is 2.43. The fourth-order valence-electron chi connectivity index (χ4n) is 8.45. The fourth-order valence-corrected chi connectivity index (χ4v) is 10.8. The Bertz CT molecular complexity index is 3080. The third kappa shape index (κ3) is 3.86. The van der Waals surface area contributed by atoms with Crippen LogP contribution in [-0.2, 0) is 0 Å². The zero-order valence-corrected chi connectivity index (χ0v) is 28.5. The number of hydrogen-bond donors (Lipinski definition) is 0. The van der Waals surface area contributed by atoms with Crippen molar-refractivity contribution in [3.05, 3.63) is 158 Å². The lowest BCUT2D eigenvalue weighted by Gasteiger charge is -2.14. The second kappa shape index (κ2) is 9.89. The van der Waals surface area contributed by atoms with E-state index in [0.717, 1.165) is 0 Å². The number of rotatable bonds is 2. The molecular weight excluding hydrogens is 641 g/mol. The van der Waals surface area contributed by atoms with Crippen LogP contribution in [0.5, 0.6) is 0 Å². The summed E-state index contributed by atoms with van der Waals surface area (Å²) in [5, 5.41) is 18.5. The number of fused-ring (bicyclic) bond motifs is 8. The van der Waals surface area contributed by atoms with Crippen LogP contribution in [0.15, 0.2) is 158 Å². The summed E-state index contributed by atoms with van der Waals surface area (Å²) in [6.45, 7) is 0. The van der Waals surface area contributed by atoms with Crippen LogP contribution in [0, 0.1) is 0 Å². The number of thiophene rings is 2. The minimum absolute atomic E-state index is 1.27. The van der Waals surface area contributed by atoms with Gasteiger partial charge in [0.2, 0.25) is 0 Å². The van der Waals surface area contributed by atoms with Gasteiger partial charge >= 0.3 is 0 Å². The second-order valence-corrected chi connectivity index (χ2v) is 15.9. The largest absolute Gasteiger partial charge is 0.135 e. The van der Waals surface area contributed by atoms with Crippen molar-refractivity contribution >= 4 is 117 Å². The molecule has 10 aromatic carbocycles. The van der Waals surface area contributed by atoms with Crippen molar-refractivity contribution in [3.8, 4) is 22.3 Å². The minimum atomic E-state index is 1.27. The predicted molar refractivity (Wildman–Crippen MR) is 222 cm³/mol. The lowest BCUT2D eigenvalue weighted by Crippen LogP contribution is -1.87. The average Bonchev–Trinajstić information content (AvgIpc) is 3.70. The summed E-state index contributed by atoms with van der Waals surface area (Å²) in [5.41, 5.74) is 5.08. The molecule has 0 fully saturated rings. The van der Waals surface area contributed by atoms with E-state index in [1.807, 2.05) is 22.7 Å². The molecule has 0 atom stereocenters. The van der Waals surface area contributed by atoms with Crippen LogP contribution >= 0.6 is 22.7 Å². The molecule has 12 rings (SSSR count). The Kier molecular flexibility index (Phi) is 5.35. The van der Waals surface area contributed by atoms with Gasteiger partial charge in [-0.05, 0) is 137 Å². The van der Waals surface area contributed by atoms with Gasteiger partial charge in [0.25, 0.3) is 0 Å². The van der Waals surface area contributed by atoms with Crippen LogP contribution < -0.4 is 0 Å². The van der Waals surface area contributed by atoms with Crippen LogP contribution in [0.3, 0.4) is 0 Å². The third-order valence-corrected chi connectivity index (χ3v) is 13.1. The molecule has 50 heavy (non-hydrogen) atoms. The topological polar surface area (TPSA) is 0 Å². The summed E-state index contributed by atoms with van der Waals surface area (Å²) in [4.78, 5) is 0. The molecule has 0 N–H and O–H groups in total. The van der Waals surface area contributed by atoms with Gasteiger partial charge in [-0.25, -0.2) is 0 Å². The Morgan fingerprint density at radius 3 is 1.00 bits per heavy atom. The van der Waals surface area contributed by atoms with Crippen LogP contribution in [0.1, 0.15) is 0 Å². The summed E-state index contributed by atoms with van der Waals surface area (Å²) in [5.74, 6) is 0. The lowest BCUT2D eigenvalue weighted by molar-refractivity contribution is 1.70. The smallest absolute Gasteiger partial charge is 0.0361 e. The first-order chi connectivity index (χ1) is 24.7. The van der Waals surface area contributed by atoms with Gasteiger partial charge in [-0.1, -0.05) is 97.1 Å². The van der Waals surface area contributed by atoms with E-state index in [-0.39, 0.29) is 0 Å². The van der Waals surface area contributed by atoms with Crippen molar-refractivity contribution in [2.45, 2.75) is 0 Å². The summed E-state index contributed by atoms with van der Waals surface area (Å²) in [7, 11) is 0. The highest BCUT2D eigenvalue weighted by Gasteiger charge is 2.15. The van der Waals surface area contributed by atoms with Gasteiger partial charge in [0.1, 0.15) is 0 Å². The van der Waals surface area contributed by atoms with Crippen molar-refractivity contribution in [2.75, 3.05) is 0 Å². The Labute approximate surface area is 295 Å². The van der Waals surface area contributed by atoms with E-state index in [2.05, 4.69) is 158 Å². The van der Waals surface area contributed by atoms with Crippen LogP contribution in [0.2, 0.25) is 0 Å². The van der Waals surface area contributed by atoms with E-state index in [9.17, 15) is 0 Å². The van der Waals surface area contributed by atoms with Gasteiger partial charge in [0, 0.05) is 40.3 Å². The van der Waals surface area contributed by atoms with Gasteiger partial charge < -0.3 is 0 Å². The van der Waals surface area contributed by atoms with Gasteiger partial charge in [-0.3, -0.25) is 0 Å². The molecule has 0 saturated heterocycles. The number of hydrogen-bond acceptors (Lipinski definition) is 2. The van der Waals surface area contributed by atoms with Gasteiger partial charge in [0.15, 0.2) is 0 Å². The molecule has 0 saturated carbocycles. The number of benzene rings is 10. The van der Waals surface area contributed by atoms with E-state index >= 15 is 0 Å². The predicted octanol–water partition coefficient (Wildman–Crippen LogP) is 15.0. The van der Waals surface area contributed by atoms with Crippen molar-refractivity contribution < 1.29 is 0 Å². The monoisotopic (exact) mass is 666 g/mol. The van der Waals surface area contributed by atoms with E-state index in [0.29, 0.717) is 0 Å². The molecule has 2 aromatic heterocycles. The molecule has 12 aromatic rings. The summed E-state index contributed by atoms with van der Waals surface area (Å²) in [6.07, 6.45) is 0. The zero-order chi connectivity index (χ0) is 32.5. The molecule has 0 aliphatic carbocycles. The first-order valence-corrected chi connectivity index (χ1v) is 18.8. The quantitative estimate of drug-likeness (QED) is 0.161. The lowest BCUT2D eigenvalue weighted by atomic mass is 9.89. The van der Waals surface area contributed by atoms with Gasteiger partial charge in [-0.2, -0.15) is 0 Å². The summed E-state index contributed by atoms with van der Waals surface area (Å²) < 4.78 is 5.38. The molecule has 0 amide bonds. The van der Waals surface area contributed by atoms with Crippen molar-refractivity contribution in [1.82, 2.24) is 0 Å². The Morgan fingerprint density at radius 1 is 0.240 bits per heavy atom. The minimum Gasteiger partial charge on any atom is -0.135 e. The normalized spacial score (nSPS) is 12.4. The molecule has 0 bridgehead atoms. The molecule has 0 unspecified atom stereocenters. The van der Waals surface area contributed by atoms with Crippen molar-refractivity contribution in [1.29, 1.82) is 0 Å². The molecule has 0 nitrogen and oxygen atoms in total. The van der Waals surface area contributed by atoms with Crippen molar-refractivity contribution in [2.24, 2.45) is 0 Å². The molecule has 0 spiro atoms. The third-order valence-electron chi connectivity index (χ3n) is 10.9. The molecule has 0 aliphatic heterocycles. The Balaban J connectivity index is 0.969. The van der Waals surface area contributed by atoms with Gasteiger partial charge in [-0.15, -0.1) is 22.7 Å². The molecule has 0 radical (unpaired) electrons. The first kappa shape index (κ1) is 27.1. The highest BCUT2D eigenvalue weighted by molar-refractivity contribution is 7.26. The Hall–Kier alpha value is -5.80. The van der Waals surface area contributed by atoms with Crippen LogP contribution in [-0.4, -0.2) is 0 Å². The second-order valence-electron chi connectivity index (χ2n) is 13.7. The van der Waals surface area contributed by atoms with E-state index < -0.39 is 0 Å². The average molecular weight is 667 g/mol. The maximum atomic E-state index is 2.39. The van der Waals surface area contributed by atoms with Crippen molar-refractivity contribution in [3.63, 3.8) is 0 Å². The zero-order valence-electron chi connectivity index (χ0n) is 26.8. The molecular formula is C48H26S2. The van der Waals surface area contributed by atoms with Gasteiger partial charge in [0.05, 0.1) is 0 Å². The Morgan fingerprint density at radius 2 is 0.600 bits per heavy atom. The standard InChI is InChI=1S/C48H26S2/c1-3-7-29-23-45-41(21-27(29)5-1)39-15-13-31(25-43(39)49-45)37-17-33-9-11-35-19-38(20-36-12-10-34(18-37)47(33)48(35)36)32-14-16-40-42-22-28-6-2-4-8-30(28)24-46(42)50-44(40)26-32/h1-26H. The fraction of sp³-hybridized carbons (Fsp3) is 0. The first-order valence-electron chi connectivity index (χ1n) is 17.1. The van der Waals surface area contributed by atoms with E-state index in [4.69, 9.17) is 0 Å². The maximum Gasteiger partial charge on any atom is 0.0361 e. The SMILES string of the molecule is c1ccc2cc3c(cc2c1)sc1cc(-c2cc4ccc5cc(-c6ccc7c(c6)sc6cc8ccccc8cc67)cc6ccc(c2)c4c56)ccc13. The van der Waals surface area contributed by atoms with E-state index in [1.54, 1.807) is 0 Å². The summed E-state index contributed by atoms with van der Waals surface area (Å²) in [6, 6.07) is 59.6. The highest BCUT2D eigenvalue weighted by atomic mass is 32.1.